The zero-order valence-electron chi connectivity index (χ0n) is 34.3. The zero-order chi connectivity index (χ0) is 37.5. The van der Waals surface area contributed by atoms with Gasteiger partial charge in [-0.3, -0.25) is 9.80 Å². The molecule has 3 aromatic rings. The number of rotatable bonds is 4. The summed E-state index contributed by atoms with van der Waals surface area (Å²) in [4.78, 5) is 22.6. The molecule has 5 heteroatoms. The Bertz CT molecular complexity index is 1980. The van der Waals surface area contributed by atoms with Crippen molar-refractivity contribution < 1.29 is 0 Å². The third-order valence-corrected chi connectivity index (χ3v) is 18.8. The minimum atomic E-state index is 0.355. The number of hydrogen-bond donors (Lipinski definition) is 0. The van der Waals surface area contributed by atoms with Crippen molar-refractivity contribution in [2.45, 2.75) is 140 Å². The molecule has 1 aromatic heterocycles. The molecular formula is C51H63N5. The van der Waals surface area contributed by atoms with E-state index in [1.165, 1.54) is 70.6 Å². The first-order valence-corrected chi connectivity index (χ1v) is 23.1. The average molecular weight is 746 g/mol. The SMILES string of the molecule is CC1(C)C2CCCC3C2N2C4C1CCCC4C(C)(C)C1C(C4C=CC=CC4)CC4C5CC(c6nc(-c7ccccc7)nc(-c7ccccc7)n6)CCC5N3C4C12. The number of fused-ring (bicyclic) bond motifs is 4. The van der Waals surface area contributed by atoms with Gasteiger partial charge in [0, 0.05) is 53.3 Å². The average Bonchev–Trinajstić information content (AvgIpc) is 3.57. The highest BCUT2D eigenvalue weighted by Gasteiger charge is 2.75. The second kappa shape index (κ2) is 12.7. The van der Waals surface area contributed by atoms with Gasteiger partial charge < -0.3 is 0 Å². The lowest BCUT2D eigenvalue weighted by Crippen LogP contribution is -2.85. The van der Waals surface area contributed by atoms with Crippen LogP contribution in [-0.2, 0) is 0 Å². The van der Waals surface area contributed by atoms with E-state index in [4.69, 9.17) is 15.0 Å². The number of aromatic nitrogens is 3. The van der Waals surface area contributed by atoms with Crippen LogP contribution in [0.3, 0.4) is 0 Å². The topological polar surface area (TPSA) is 45.2 Å². The van der Waals surface area contributed by atoms with E-state index in [9.17, 15) is 0 Å². The number of piperazine rings is 1. The van der Waals surface area contributed by atoms with Gasteiger partial charge in [-0.15, -0.1) is 0 Å². The number of allylic oxidation sites excluding steroid dienone is 4. The molecule has 2 aromatic carbocycles. The van der Waals surface area contributed by atoms with Crippen LogP contribution in [0.2, 0.25) is 0 Å². The van der Waals surface area contributed by atoms with Crippen LogP contribution in [0.1, 0.15) is 110 Å². The molecule has 56 heavy (non-hydrogen) atoms. The van der Waals surface area contributed by atoms with Gasteiger partial charge in [-0.05, 0) is 116 Å². The molecule has 5 nitrogen and oxygen atoms in total. The van der Waals surface area contributed by atoms with Gasteiger partial charge in [-0.25, -0.2) is 15.0 Å². The molecule has 5 aliphatic carbocycles. The van der Waals surface area contributed by atoms with Crippen LogP contribution in [-0.4, -0.2) is 61.0 Å². The van der Waals surface area contributed by atoms with Crippen LogP contribution < -0.4 is 0 Å². The Kier molecular flexibility index (Phi) is 7.89. The third-order valence-electron chi connectivity index (χ3n) is 18.8. The zero-order valence-corrected chi connectivity index (χ0v) is 34.3. The Hall–Kier alpha value is -3.15. The highest BCUT2D eigenvalue weighted by molar-refractivity contribution is 5.61. The lowest BCUT2D eigenvalue weighted by atomic mass is 9.41. The lowest BCUT2D eigenvalue weighted by molar-refractivity contribution is -0.284. The largest absolute Gasteiger partial charge is 0.291 e. The minimum absolute atomic E-state index is 0.355. The van der Waals surface area contributed by atoms with Crippen molar-refractivity contribution >= 4 is 0 Å². The Balaban J connectivity index is 0.984. The van der Waals surface area contributed by atoms with Gasteiger partial charge in [0.15, 0.2) is 11.6 Å². The molecule has 292 valence electrons. The van der Waals surface area contributed by atoms with Gasteiger partial charge in [0.2, 0.25) is 0 Å². The molecule has 12 rings (SSSR count). The Labute approximate surface area is 335 Å². The molecule has 0 radical (unpaired) electrons. The molecule has 4 saturated carbocycles. The summed E-state index contributed by atoms with van der Waals surface area (Å²) in [7, 11) is 0. The van der Waals surface area contributed by atoms with E-state index in [0.29, 0.717) is 46.7 Å². The fourth-order valence-electron chi connectivity index (χ4n) is 16.8. The van der Waals surface area contributed by atoms with E-state index in [1.807, 2.05) is 0 Å². The number of piperidine rings is 2. The summed E-state index contributed by atoms with van der Waals surface area (Å²) in [5.74, 6) is 9.20. The van der Waals surface area contributed by atoms with E-state index in [-0.39, 0.29) is 0 Å². The van der Waals surface area contributed by atoms with Crippen LogP contribution in [0, 0.1) is 58.2 Å². The molecule has 15 unspecified atom stereocenters. The first-order chi connectivity index (χ1) is 27.3. The van der Waals surface area contributed by atoms with Gasteiger partial charge >= 0.3 is 0 Å². The van der Waals surface area contributed by atoms with Crippen LogP contribution >= 0.6 is 0 Å². The monoisotopic (exact) mass is 746 g/mol. The second-order valence-corrected chi connectivity index (χ2v) is 21.4. The summed E-state index contributed by atoms with van der Waals surface area (Å²) in [5.41, 5.74) is 2.95. The smallest absolute Gasteiger partial charge is 0.163 e. The number of nitrogens with zero attached hydrogens (tertiary/aromatic N) is 5. The van der Waals surface area contributed by atoms with E-state index in [2.05, 4.69) is 122 Å². The quantitative estimate of drug-likeness (QED) is 0.266. The van der Waals surface area contributed by atoms with Gasteiger partial charge in [0.05, 0.1) is 0 Å². The molecule has 5 heterocycles. The van der Waals surface area contributed by atoms with Gasteiger partial charge in [-0.2, -0.15) is 0 Å². The van der Waals surface area contributed by atoms with E-state index in [1.54, 1.807) is 0 Å². The number of hydrogen-bond acceptors (Lipinski definition) is 5. The molecule has 15 atom stereocenters. The molecule has 4 aliphatic heterocycles. The van der Waals surface area contributed by atoms with Gasteiger partial charge in [0.25, 0.3) is 0 Å². The molecular weight excluding hydrogens is 683 g/mol. The Morgan fingerprint density at radius 1 is 0.554 bits per heavy atom. The summed E-state index contributed by atoms with van der Waals surface area (Å²) >= 11 is 0. The molecule has 0 spiro atoms. The highest BCUT2D eigenvalue weighted by atomic mass is 15.4. The maximum Gasteiger partial charge on any atom is 0.163 e. The van der Waals surface area contributed by atoms with E-state index >= 15 is 0 Å². The van der Waals surface area contributed by atoms with Gasteiger partial charge in [0.1, 0.15) is 5.82 Å². The summed E-state index contributed by atoms with van der Waals surface area (Å²) in [6.07, 6.45) is 24.9. The standard InChI is InChI=1S/C51H63N5/c1-50(2)37-22-14-23-38-44(37)56-45-39(50)24-15-25-41(45)55-40-27-26-33(49-53-47(31-18-10-6-11-19-31)52-48(54-49)32-20-12-7-13-21-32)28-35(40)36-29-34(30-16-8-5-9-17-30)42(51(38,3)4)46(56)43(36)55/h5-13,16,18-21,30,33-46H,14-15,17,22-29H2,1-4H3. The second-order valence-electron chi connectivity index (χ2n) is 21.4. The van der Waals surface area contributed by atoms with Crippen molar-refractivity contribution in [3.63, 3.8) is 0 Å². The minimum Gasteiger partial charge on any atom is -0.291 e. The van der Waals surface area contributed by atoms with Gasteiger partial charge in [-0.1, -0.05) is 126 Å². The fourth-order valence-corrected chi connectivity index (χ4v) is 16.8. The fraction of sp³-hybridized carbons (Fsp3) is 0.627. The van der Waals surface area contributed by atoms with Crippen molar-refractivity contribution in [3.05, 3.63) is 90.8 Å². The maximum absolute atomic E-state index is 5.37. The summed E-state index contributed by atoms with van der Waals surface area (Å²) in [5, 5.41) is 0. The van der Waals surface area contributed by atoms with Crippen molar-refractivity contribution in [1.82, 2.24) is 24.8 Å². The summed E-state index contributed by atoms with van der Waals surface area (Å²) in [6.45, 7) is 11.1. The van der Waals surface area contributed by atoms with Crippen molar-refractivity contribution in [2.24, 2.45) is 58.2 Å². The van der Waals surface area contributed by atoms with Crippen molar-refractivity contribution in [3.8, 4) is 22.8 Å². The molecule has 0 amide bonds. The molecule has 9 aliphatic rings. The lowest BCUT2D eigenvalue weighted by Gasteiger charge is -2.77. The summed E-state index contributed by atoms with van der Waals surface area (Å²) in [6, 6.07) is 25.6. The first-order valence-electron chi connectivity index (χ1n) is 23.1. The highest BCUT2D eigenvalue weighted by Crippen LogP contribution is 2.71. The predicted octanol–water partition coefficient (Wildman–Crippen LogP) is 10.6. The van der Waals surface area contributed by atoms with E-state index < -0.39 is 0 Å². The van der Waals surface area contributed by atoms with Crippen molar-refractivity contribution in [1.29, 1.82) is 0 Å². The number of benzene rings is 2. The normalized spacial score (nSPS) is 43.8. The maximum atomic E-state index is 5.37. The molecule has 0 N–H and O–H groups in total. The van der Waals surface area contributed by atoms with Crippen LogP contribution in [0.25, 0.3) is 22.8 Å². The molecule has 8 fully saturated rings. The third kappa shape index (κ3) is 4.82. The first kappa shape index (κ1) is 34.9. The molecule has 4 saturated heterocycles. The predicted molar refractivity (Wildman–Crippen MR) is 224 cm³/mol. The summed E-state index contributed by atoms with van der Waals surface area (Å²) < 4.78 is 0. The van der Waals surface area contributed by atoms with Crippen LogP contribution in [0.4, 0.5) is 0 Å². The molecule has 0 bridgehead atoms. The van der Waals surface area contributed by atoms with Crippen molar-refractivity contribution in [2.75, 3.05) is 0 Å². The van der Waals surface area contributed by atoms with Crippen LogP contribution in [0.5, 0.6) is 0 Å². The van der Waals surface area contributed by atoms with Crippen LogP contribution in [0.15, 0.2) is 85.0 Å². The van der Waals surface area contributed by atoms with E-state index in [0.717, 1.165) is 82.2 Å². The Morgan fingerprint density at radius 3 is 1.89 bits per heavy atom. The Morgan fingerprint density at radius 2 is 1.21 bits per heavy atom.